The highest BCUT2D eigenvalue weighted by atomic mass is 35.5. The number of carbonyl (C=O) groups is 1. The summed E-state index contributed by atoms with van der Waals surface area (Å²) in [5.41, 5.74) is 0. The lowest BCUT2D eigenvalue weighted by Crippen LogP contribution is -2.43. The quantitative estimate of drug-likeness (QED) is 0.807. The zero-order valence-corrected chi connectivity index (χ0v) is 11.6. The third-order valence-electron chi connectivity index (χ3n) is 3.76. The summed E-state index contributed by atoms with van der Waals surface area (Å²) >= 11 is 0. The van der Waals surface area contributed by atoms with Crippen LogP contribution < -0.4 is 5.32 Å². The predicted molar refractivity (Wildman–Crippen MR) is 71.5 cm³/mol. The number of hydrogen-bond donors (Lipinski definition) is 1. The number of nitrogens with zero attached hydrogens (tertiary/aromatic N) is 2. The molecule has 2 fully saturated rings. The molecule has 0 aliphatic carbocycles. The van der Waals surface area contributed by atoms with Crippen molar-refractivity contribution in [1.29, 1.82) is 0 Å². The van der Waals surface area contributed by atoms with Crippen LogP contribution in [0.2, 0.25) is 0 Å². The molecule has 1 amide bonds. The second-order valence-electron chi connectivity index (χ2n) is 5.28. The third kappa shape index (κ3) is 3.83. The summed E-state index contributed by atoms with van der Waals surface area (Å²) in [4.78, 5) is 16.3. The molecule has 5 heteroatoms. The fraction of sp³-hybridized carbons (Fsp3) is 0.917. The Morgan fingerprint density at radius 1 is 1.47 bits per heavy atom. The second-order valence-corrected chi connectivity index (χ2v) is 5.28. The van der Waals surface area contributed by atoms with Crippen molar-refractivity contribution in [2.24, 2.45) is 5.92 Å². The van der Waals surface area contributed by atoms with E-state index in [0.717, 1.165) is 32.5 Å². The SMILES string of the molecule is CN1CCC(CN(C)C(=O)C2CCCN2)C1.Cl. The topological polar surface area (TPSA) is 35.6 Å². The van der Waals surface area contributed by atoms with Gasteiger partial charge in [-0.05, 0) is 45.3 Å². The molecule has 100 valence electrons. The first kappa shape index (κ1) is 14.7. The van der Waals surface area contributed by atoms with Gasteiger partial charge in [0.1, 0.15) is 0 Å². The van der Waals surface area contributed by atoms with Gasteiger partial charge >= 0.3 is 0 Å². The minimum atomic E-state index is 0. The molecule has 0 bridgehead atoms. The van der Waals surface area contributed by atoms with Crippen molar-refractivity contribution in [2.75, 3.05) is 40.3 Å². The van der Waals surface area contributed by atoms with E-state index in [9.17, 15) is 4.79 Å². The van der Waals surface area contributed by atoms with Gasteiger partial charge in [0.25, 0.3) is 0 Å². The Kier molecular flexibility index (Phi) is 5.70. The maximum absolute atomic E-state index is 12.1. The molecule has 0 aromatic heterocycles. The summed E-state index contributed by atoms with van der Waals surface area (Å²) in [5.74, 6) is 0.951. The monoisotopic (exact) mass is 261 g/mol. The van der Waals surface area contributed by atoms with Gasteiger partial charge in [-0.1, -0.05) is 0 Å². The first-order chi connectivity index (χ1) is 7.66. The zero-order chi connectivity index (χ0) is 11.5. The Morgan fingerprint density at radius 2 is 2.24 bits per heavy atom. The van der Waals surface area contributed by atoms with Crippen LogP contribution in [0.1, 0.15) is 19.3 Å². The Hall–Kier alpha value is -0.320. The highest BCUT2D eigenvalue weighted by Gasteiger charge is 2.27. The zero-order valence-electron chi connectivity index (χ0n) is 10.8. The fourth-order valence-corrected chi connectivity index (χ4v) is 2.81. The van der Waals surface area contributed by atoms with Gasteiger partial charge in [0.2, 0.25) is 5.91 Å². The van der Waals surface area contributed by atoms with Crippen LogP contribution in [0.3, 0.4) is 0 Å². The molecule has 0 saturated carbocycles. The molecule has 2 aliphatic heterocycles. The number of halogens is 1. The molecule has 17 heavy (non-hydrogen) atoms. The summed E-state index contributed by atoms with van der Waals surface area (Å²) in [6.07, 6.45) is 3.37. The first-order valence-electron chi connectivity index (χ1n) is 6.33. The van der Waals surface area contributed by atoms with E-state index in [1.165, 1.54) is 13.0 Å². The Bertz CT molecular complexity index is 256. The average molecular weight is 262 g/mol. The number of amides is 1. The Morgan fingerprint density at radius 3 is 2.76 bits per heavy atom. The van der Waals surface area contributed by atoms with E-state index in [-0.39, 0.29) is 24.4 Å². The number of carbonyl (C=O) groups excluding carboxylic acids is 1. The average Bonchev–Trinajstić information content (AvgIpc) is 2.88. The van der Waals surface area contributed by atoms with Crippen LogP contribution in [0.25, 0.3) is 0 Å². The molecular formula is C12H24ClN3O. The first-order valence-corrected chi connectivity index (χ1v) is 6.33. The van der Waals surface area contributed by atoms with Crippen LogP contribution in [-0.4, -0.2) is 62.0 Å². The lowest BCUT2D eigenvalue weighted by atomic mass is 10.1. The normalized spacial score (nSPS) is 29.1. The van der Waals surface area contributed by atoms with Crippen LogP contribution in [0, 0.1) is 5.92 Å². The molecule has 0 radical (unpaired) electrons. The lowest BCUT2D eigenvalue weighted by molar-refractivity contribution is -0.132. The van der Waals surface area contributed by atoms with Crippen LogP contribution in [0.15, 0.2) is 0 Å². The van der Waals surface area contributed by atoms with Gasteiger partial charge in [0.05, 0.1) is 6.04 Å². The maximum Gasteiger partial charge on any atom is 0.239 e. The van der Waals surface area contributed by atoms with E-state index in [1.807, 2.05) is 11.9 Å². The van der Waals surface area contributed by atoms with Crippen molar-refractivity contribution in [1.82, 2.24) is 15.1 Å². The Labute approximate surface area is 110 Å². The van der Waals surface area contributed by atoms with Crippen molar-refractivity contribution in [2.45, 2.75) is 25.3 Å². The minimum Gasteiger partial charge on any atom is -0.344 e. The molecule has 2 heterocycles. The lowest BCUT2D eigenvalue weighted by Gasteiger charge is -2.24. The van der Waals surface area contributed by atoms with Gasteiger partial charge in [-0.3, -0.25) is 4.79 Å². The maximum atomic E-state index is 12.1. The molecule has 2 saturated heterocycles. The number of likely N-dealkylation sites (tertiary alicyclic amines) is 1. The number of likely N-dealkylation sites (N-methyl/N-ethyl adjacent to an activating group) is 1. The third-order valence-corrected chi connectivity index (χ3v) is 3.76. The number of nitrogens with one attached hydrogen (secondary N) is 1. The molecule has 1 N–H and O–H groups in total. The molecular weight excluding hydrogens is 238 g/mol. The summed E-state index contributed by atoms with van der Waals surface area (Å²) < 4.78 is 0. The van der Waals surface area contributed by atoms with Gasteiger partial charge < -0.3 is 15.1 Å². The van der Waals surface area contributed by atoms with Gasteiger partial charge in [-0.25, -0.2) is 0 Å². The van der Waals surface area contributed by atoms with Crippen molar-refractivity contribution in [3.05, 3.63) is 0 Å². The summed E-state index contributed by atoms with van der Waals surface area (Å²) in [5, 5.41) is 3.27. The second kappa shape index (κ2) is 6.57. The molecule has 0 spiro atoms. The van der Waals surface area contributed by atoms with Crippen molar-refractivity contribution >= 4 is 18.3 Å². The minimum absolute atomic E-state index is 0. The van der Waals surface area contributed by atoms with Crippen molar-refractivity contribution in [3.8, 4) is 0 Å². The van der Waals surface area contributed by atoms with Crippen LogP contribution in [0.4, 0.5) is 0 Å². The molecule has 0 aromatic carbocycles. The van der Waals surface area contributed by atoms with Gasteiger partial charge in [0.15, 0.2) is 0 Å². The molecule has 2 rings (SSSR count). The Balaban J connectivity index is 0.00000144. The molecule has 0 aromatic rings. The summed E-state index contributed by atoms with van der Waals surface area (Å²) in [7, 11) is 4.10. The predicted octanol–water partition coefficient (Wildman–Crippen LogP) is 0.570. The van der Waals surface area contributed by atoms with E-state index in [2.05, 4.69) is 17.3 Å². The van der Waals surface area contributed by atoms with Gasteiger partial charge in [-0.2, -0.15) is 0 Å². The largest absolute Gasteiger partial charge is 0.344 e. The standard InChI is InChI=1S/C12H23N3O.ClH/c1-14-7-5-10(8-14)9-15(2)12(16)11-4-3-6-13-11;/h10-11,13H,3-9H2,1-2H3;1H. The van der Waals surface area contributed by atoms with Crippen molar-refractivity contribution in [3.63, 3.8) is 0 Å². The van der Waals surface area contributed by atoms with Gasteiger partial charge in [0, 0.05) is 20.1 Å². The highest BCUT2D eigenvalue weighted by molar-refractivity contribution is 5.85. The number of hydrogen-bond acceptors (Lipinski definition) is 3. The van der Waals surface area contributed by atoms with E-state index in [0.29, 0.717) is 5.92 Å². The van der Waals surface area contributed by atoms with E-state index >= 15 is 0 Å². The van der Waals surface area contributed by atoms with Crippen LogP contribution >= 0.6 is 12.4 Å². The van der Waals surface area contributed by atoms with Gasteiger partial charge in [-0.15, -0.1) is 12.4 Å². The van der Waals surface area contributed by atoms with E-state index in [1.54, 1.807) is 0 Å². The van der Waals surface area contributed by atoms with Crippen molar-refractivity contribution < 1.29 is 4.79 Å². The number of rotatable bonds is 3. The van der Waals surface area contributed by atoms with E-state index in [4.69, 9.17) is 0 Å². The fourth-order valence-electron chi connectivity index (χ4n) is 2.81. The molecule has 4 nitrogen and oxygen atoms in total. The molecule has 2 aliphatic rings. The molecule has 2 unspecified atom stereocenters. The van der Waals surface area contributed by atoms with Crippen LogP contribution in [-0.2, 0) is 4.79 Å². The smallest absolute Gasteiger partial charge is 0.239 e. The highest BCUT2D eigenvalue weighted by Crippen LogP contribution is 2.16. The summed E-state index contributed by atoms with van der Waals surface area (Å²) in [6.45, 7) is 4.22. The summed E-state index contributed by atoms with van der Waals surface area (Å²) in [6, 6.07) is 0.0872. The molecule has 2 atom stereocenters. The van der Waals surface area contributed by atoms with Crippen LogP contribution in [0.5, 0.6) is 0 Å². The van der Waals surface area contributed by atoms with E-state index < -0.39 is 0 Å².